The number of methoxy groups -OCH3 is 1. The molecule has 0 saturated carbocycles. The first-order chi connectivity index (χ1) is 8.72. The molecular weight excluding hydrogens is 229 g/mol. The standard InChI is InChI=1S/C15H20FNO/c1-4-6-7-8-14(17-5-2)12-9-10-15(18-3)13(16)11-12/h9-11,14,17H,5,7-8H2,1-3H3. The van der Waals surface area contributed by atoms with E-state index in [0.717, 1.165) is 24.9 Å². The highest BCUT2D eigenvalue weighted by Gasteiger charge is 2.12. The Bertz CT molecular complexity index is 434. The molecule has 3 heteroatoms. The van der Waals surface area contributed by atoms with E-state index in [-0.39, 0.29) is 17.6 Å². The van der Waals surface area contributed by atoms with Gasteiger partial charge in [0.2, 0.25) is 0 Å². The number of hydrogen-bond donors (Lipinski definition) is 1. The van der Waals surface area contributed by atoms with Crippen LogP contribution in [-0.2, 0) is 0 Å². The molecule has 0 saturated heterocycles. The minimum atomic E-state index is -0.320. The lowest BCUT2D eigenvalue weighted by Gasteiger charge is -2.17. The number of hydrogen-bond acceptors (Lipinski definition) is 2. The van der Waals surface area contributed by atoms with Gasteiger partial charge in [0, 0.05) is 12.5 Å². The first kappa shape index (κ1) is 14.5. The van der Waals surface area contributed by atoms with E-state index < -0.39 is 0 Å². The predicted octanol–water partition coefficient (Wildman–Crippen LogP) is 3.29. The topological polar surface area (TPSA) is 21.3 Å². The van der Waals surface area contributed by atoms with Crippen LogP contribution < -0.4 is 10.1 Å². The highest BCUT2D eigenvalue weighted by atomic mass is 19.1. The van der Waals surface area contributed by atoms with Crippen molar-refractivity contribution in [2.45, 2.75) is 32.7 Å². The summed E-state index contributed by atoms with van der Waals surface area (Å²) >= 11 is 0. The molecule has 0 aromatic heterocycles. The van der Waals surface area contributed by atoms with E-state index in [1.807, 2.05) is 19.9 Å². The van der Waals surface area contributed by atoms with Crippen molar-refractivity contribution in [3.63, 3.8) is 0 Å². The van der Waals surface area contributed by atoms with E-state index in [1.165, 1.54) is 13.2 Å². The molecular formula is C15H20FNO. The van der Waals surface area contributed by atoms with Gasteiger partial charge in [-0.25, -0.2) is 4.39 Å². The van der Waals surface area contributed by atoms with Crippen LogP contribution in [0.2, 0.25) is 0 Å². The first-order valence-corrected chi connectivity index (χ1v) is 6.19. The normalized spacial score (nSPS) is 11.6. The Labute approximate surface area is 109 Å². The summed E-state index contributed by atoms with van der Waals surface area (Å²) in [5.74, 6) is 5.87. The molecule has 0 spiro atoms. The largest absolute Gasteiger partial charge is 0.494 e. The monoisotopic (exact) mass is 249 g/mol. The molecule has 1 aromatic carbocycles. The summed E-state index contributed by atoms with van der Waals surface area (Å²) in [6.45, 7) is 4.71. The summed E-state index contributed by atoms with van der Waals surface area (Å²) in [6, 6.07) is 5.23. The fourth-order valence-electron chi connectivity index (χ4n) is 1.87. The third kappa shape index (κ3) is 4.05. The van der Waals surface area contributed by atoms with E-state index in [0.29, 0.717) is 0 Å². The van der Waals surface area contributed by atoms with Crippen molar-refractivity contribution in [2.75, 3.05) is 13.7 Å². The molecule has 1 atom stereocenters. The number of rotatable bonds is 6. The number of ether oxygens (including phenoxy) is 1. The van der Waals surface area contributed by atoms with Crippen LogP contribution in [0, 0.1) is 17.7 Å². The average molecular weight is 249 g/mol. The third-order valence-electron chi connectivity index (χ3n) is 2.76. The third-order valence-corrected chi connectivity index (χ3v) is 2.76. The van der Waals surface area contributed by atoms with Crippen molar-refractivity contribution in [3.8, 4) is 17.6 Å². The molecule has 0 aliphatic heterocycles. The van der Waals surface area contributed by atoms with Crippen molar-refractivity contribution < 1.29 is 9.13 Å². The second-order valence-electron chi connectivity index (χ2n) is 3.97. The molecule has 0 aliphatic rings. The van der Waals surface area contributed by atoms with Crippen molar-refractivity contribution in [2.24, 2.45) is 0 Å². The highest BCUT2D eigenvalue weighted by molar-refractivity contribution is 5.31. The summed E-state index contributed by atoms with van der Waals surface area (Å²) in [4.78, 5) is 0. The fourth-order valence-corrected chi connectivity index (χ4v) is 1.87. The molecule has 18 heavy (non-hydrogen) atoms. The van der Waals surface area contributed by atoms with Gasteiger partial charge in [0.25, 0.3) is 0 Å². The van der Waals surface area contributed by atoms with Crippen LogP contribution in [0.5, 0.6) is 5.75 Å². The number of nitrogens with one attached hydrogen (secondary N) is 1. The summed E-state index contributed by atoms with van der Waals surface area (Å²) < 4.78 is 18.6. The Balaban J connectivity index is 2.83. The summed E-state index contributed by atoms with van der Waals surface area (Å²) in [6.07, 6.45) is 1.68. The van der Waals surface area contributed by atoms with Gasteiger partial charge in [-0.1, -0.05) is 13.0 Å². The molecule has 0 bridgehead atoms. The number of halogens is 1. The lowest BCUT2D eigenvalue weighted by Crippen LogP contribution is -2.20. The zero-order valence-electron chi connectivity index (χ0n) is 11.2. The zero-order chi connectivity index (χ0) is 13.4. The van der Waals surface area contributed by atoms with Gasteiger partial charge >= 0.3 is 0 Å². The predicted molar refractivity (Wildman–Crippen MR) is 72.1 cm³/mol. The quantitative estimate of drug-likeness (QED) is 0.781. The SMILES string of the molecule is CC#CCCC(NCC)c1ccc(OC)c(F)c1. The minimum absolute atomic E-state index is 0.135. The molecule has 0 amide bonds. The molecule has 1 unspecified atom stereocenters. The van der Waals surface area contributed by atoms with Crippen LogP contribution in [0.15, 0.2) is 18.2 Å². The van der Waals surface area contributed by atoms with Gasteiger partial charge in [-0.05, 0) is 37.6 Å². The van der Waals surface area contributed by atoms with Gasteiger partial charge in [-0.3, -0.25) is 0 Å². The van der Waals surface area contributed by atoms with Gasteiger partial charge in [0.15, 0.2) is 11.6 Å². The van der Waals surface area contributed by atoms with Gasteiger partial charge in [-0.15, -0.1) is 11.8 Å². The Kier molecular flexibility index (Phi) is 6.24. The van der Waals surface area contributed by atoms with Crippen LogP contribution in [0.25, 0.3) is 0 Å². The van der Waals surface area contributed by atoms with Crippen molar-refractivity contribution >= 4 is 0 Å². The number of benzene rings is 1. The maximum atomic E-state index is 13.7. The molecule has 1 N–H and O–H groups in total. The second kappa shape index (κ2) is 7.73. The van der Waals surface area contributed by atoms with Crippen LogP contribution >= 0.6 is 0 Å². The van der Waals surface area contributed by atoms with Crippen molar-refractivity contribution in [1.82, 2.24) is 5.32 Å². The highest BCUT2D eigenvalue weighted by Crippen LogP contribution is 2.24. The van der Waals surface area contributed by atoms with Crippen molar-refractivity contribution in [3.05, 3.63) is 29.6 Å². The fraction of sp³-hybridized carbons (Fsp3) is 0.467. The van der Waals surface area contributed by atoms with E-state index in [2.05, 4.69) is 17.2 Å². The first-order valence-electron chi connectivity index (χ1n) is 6.19. The van der Waals surface area contributed by atoms with E-state index >= 15 is 0 Å². The van der Waals surface area contributed by atoms with Crippen LogP contribution in [-0.4, -0.2) is 13.7 Å². The van der Waals surface area contributed by atoms with Gasteiger partial charge in [0.05, 0.1) is 7.11 Å². The molecule has 1 aromatic rings. The molecule has 0 radical (unpaired) electrons. The second-order valence-corrected chi connectivity index (χ2v) is 3.97. The Morgan fingerprint density at radius 2 is 2.22 bits per heavy atom. The minimum Gasteiger partial charge on any atom is -0.494 e. The van der Waals surface area contributed by atoms with Gasteiger partial charge < -0.3 is 10.1 Å². The molecule has 0 fully saturated rings. The van der Waals surface area contributed by atoms with E-state index in [4.69, 9.17) is 4.74 Å². The van der Waals surface area contributed by atoms with Gasteiger partial charge in [0.1, 0.15) is 0 Å². The van der Waals surface area contributed by atoms with Crippen LogP contribution in [0.3, 0.4) is 0 Å². The lowest BCUT2D eigenvalue weighted by molar-refractivity contribution is 0.385. The average Bonchev–Trinajstić information content (AvgIpc) is 2.38. The molecule has 0 heterocycles. The van der Waals surface area contributed by atoms with E-state index in [9.17, 15) is 4.39 Å². The van der Waals surface area contributed by atoms with Crippen LogP contribution in [0.1, 0.15) is 38.3 Å². The Hall–Kier alpha value is -1.53. The summed E-state index contributed by atoms with van der Waals surface area (Å²) in [5.41, 5.74) is 0.938. The van der Waals surface area contributed by atoms with Crippen LogP contribution in [0.4, 0.5) is 4.39 Å². The maximum absolute atomic E-state index is 13.7. The molecule has 0 aliphatic carbocycles. The van der Waals surface area contributed by atoms with Crippen molar-refractivity contribution in [1.29, 1.82) is 0 Å². The Morgan fingerprint density at radius 3 is 2.78 bits per heavy atom. The molecule has 98 valence electrons. The Morgan fingerprint density at radius 1 is 1.44 bits per heavy atom. The summed E-state index contributed by atoms with van der Waals surface area (Å²) in [5, 5.41) is 3.35. The lowest BCUT2D eigenvalue weighted by atomic mass is 10.0. The molecule has 2 nitrogen and oxygen atoms in total. The van der Waals surface area contributed by atoms with E-state index in [1.54, 1.807) is 6.07 Å². The summed E-state index contributed by atoms with van der Waals surface area (Å²) in [7, 11) is 1.47. The zero-order valence-corrected chi connectivity index (χ0v) is 11.2. The smallest absolute Gasteiger partial charge is 0.165 e. The maximum Gasteiger partial charge on any atom is 0.165 e. The van der Waals surface area contributed by atoms with Gasteiger partial charge in [-0.2, -0.15) is 0 Å². The molecule has 1 rings (SSSR count).